The molecule has 0 spiro atoms. The quantitative estimate of drug-likeness (QED) is 0.474. The lowest BCUT2D eigenvalue weighted by molar-refractivity contribution is -0.149. The summed E-state index contributed by atoms with van der Waals surface area (Å²) in [4.78, 5) is 22.9. The summed E-state index contributed by atoms with van der Waals surface area (Å²) in [7, 11) is 0. The number of thioether (sulfide) groups is 1. The van der Waals surface area contributed by atoms with Gasteiger partial charge in [0.25, 0.3) is 0 Å². The summed E-state index contributed by atoms with van der Waals surface area (Å²) in [5.74, 6) is -0.862. The number of rotatable bonds is 2. The van der Waals surface area contributed by atoms with Crippen LogP contribution in [0.25, 0.3) is 0 Å². The second-order valence-corrected chi connectivity index (χ2v) is 4.55. The smallest absolute Gasteiger partial charge is 0.386 e. The van der Waals surface area contributed by atoms with Crippen LogP contribution in [0.1, 0.15) is 6.92 Å². The van der Waals surface area contributed by atoms with Gasteiger partial charge >= 0.3 is 11.1 Å². The van der Waals surface area contributed by atoms with Crippen molar-refractivity contribution in [1.82, 2.24) is 0 Å². The van der Waals surface area contributed by atoms with Crippen LogP contribution in [0.5, 0.6) is 0 Å². The number of halogens is 2. The van der Waals surface area contributed by atoms with E-state index in [0.717, 1.165) is 11.8 Å². The highest BCUT2D eigenvalue weighted by Crippen LogP contribution is 2.28. The van der Waals surface area contributed by atoms with Crippen molar-refractivity contribution in [3.05, 3.63) is 28.2 Å². The summed E-state index contributed by atoms with van der Waals surface area (Å²) in [6, 6.07) is 4.69. The van der Waals surface area contributed by atoms with Crippen LogP contribution >= 0.6 is 35.0 Å². The summed E-state index contributed by atoms with van der Waals surface area (Å²) in [6.07, 6.45) is 0. The van der Waals surface area contributed by atoms with Gasteiger partial charge < -0.3 is 4.74 Å². The Labute approximate surface area is 107 Å². The molecule has 1 aromatic rings. The fraction of sp³-hybridized carbons (Fsp3) is 0.200. The van der Waals surface area contributed by atoms with E-state index in [1.54, 1.807) is 19.1 Å². The zero-order valence-corrected chi connectivity index (χ0v) is 10.7. The Morgan fingerprint density at radius 3 is 2.56 bits per heavy atom. The first-order chi connectivity index (χ1) is 7.54. The molecule has 0 unspecified atom stereocenters. The summed E-state index contributed by atoms with van der Waals surface area (Å²) in [6.45, 7) is 1.81. The maximum absolute atomic E-state index is 11.3. The third kappa shape index (κ3) is 3.70. The lowest BCUT2D eigenvalue weighted by Gasteiger charge is -2.02. The fourth-order valence-electron chi connectivity index (χ4n) is 0.879. The molecule has 86 valence electrons. The molecule has 0 aliphatic heterocycles. The van der Waals surface area contributed by atoms with Gasteiger partial charge in [-0.3, -0.25) is 4.79 Å². The Kier molecular flexibility index (Phi) is 5.12. The molecule has 0 aliphatic carbocycles. The van der Waals surface area contributed by atoms with Crippen molar-refractivity contribution in [2.45, 2.75) is 11.8 Å². The van der Waals surface area contributed by atoms with Gasteiger partial charge in [0, 0.05) is 4.90 Å². The molecule has 0 fully saturated rings. The Balaban J connectivity index is 2.70. The largest absolute Gasteiger partial charge is 0.460 e. The average Bonchev–Trinajstić information content (AvgIpc) is 2.24. The third-order valence-corrected chi connectivity index (χ3v) is 3.12. The number of ether oxygens (including phenoxy) is 1. The molecule has 0 saturated carbocycles. The predicted octanol–water partition coefficient (Wildman–Crippen LogP) is 3.18. The number of esters is 1. The zero-order chi connectivity index (χ0) is 12.1. The Bertz CT molecular complexity index is 421. The van der Waals surface area contributed by atoms with Crippen molar-refractivity contribution in [1.29, 1.82) is 0 Å². The predicted molar refractivity (Wildman–Crippen MR) is 64.0 cm³/mol. The van der Waals surface area contributed by atoms with Crippen LogP contribution in [0.2, 0.25) is 10.0 Å². The highest BCUT2D eigenvalue weighted by atomic mass is 35.5. The van der Waals surface area contributed by atoms with Gasteiger partial charge in [0.2, 0.25) is 0 Å². The lowest BCUT2D eigenvalue weighted by atomic mass is 10.4. The summed E-state index contributed by atoms with van der Waals surface area (Å²) >= 11 is 12.2. The Morgan fingerprint density at radius 1 is 1.31 bits per heavy atom. The minimum absolute atomic E-state index is 0.173. The molecule has 0 bridgehead atoms. The molecule has 0 radical (unpaired) electrons. The van der Waals surface area contributed by atoms with E-state index < -0.39 is 11.1 Å². The third-order valence-electron chi connectivity index (χ3n) is 1.54. The zero-order valence-electron chi connectivity index (χ0n) is 8.33. The van der Waals surface area contributed by atoms with Gasteiger partial charge in [-0.1, -0.05) is 23.2 Å². The fourth-order valence-corrected chi connectivity index (χ4v) is 1.91. The molecule has 0 atom stereocenters. The van der Waals surface area contributed by atoms with Gasteiger partial charge in [0.1, 0.15) is 0 Å². The van der Waals surface area contributed by atoms with Crippen molar-refractivity contribution < 1.29 is 14.3 Å². The summed E-state index contributed by atoms with van der Waals surface area (Å²) < 4.78 is 4.56. The molecule has 0 amide bonds. The second kappa shape index (κ2) is 6.13. The molecule has 3 nitrogen and oxygen atoms in total. The van der Waals surface area contributed by atoms with Crippen molar-refractivity contribution in [3.8, 4) is 0 Å². The van der Waals surface area contributed by atoms with Gasteiger partial charge in [-0.2, -0.15) is 0 Å². The lowest BCUT2D eigenvalue weighted by Crippen LogP contribution is -2.13. The molecule has 1 aromatic carbocycles. The van der Waals surface area contributed by atoms with Crippen molar-refractivity contribution >= 4 is 46.0 Å². The van der Waals surface area contributed by atoms with E-state index in [0.29, 0.717) is 14.9 Å². The van der Waals surface area contributed by atoms with Crippen LogP contribution in [0.4, 0.5) is 0 Å². The molecule has 0 aliphatic rings. The van der Waals surface area contributed by atoms with Crippen LogP contribution < -0.4 is 0 Å². The normalized spacial score (nSPS) is 9.94. The standard InChI is InChI=1S/C10H8Cl2O3S/c1-2-15-9(13)10(14)16-6-3-4-7(11)8(12)5-6/h3-5H,2H2,1H3. The maximum atomic E-state index is 11.3. The molecular formula is C10H8Cl2O3S. The monoisotopic (exact) mass is 278 g/mol. The van der Waals surface area contributed by atoms with Gasteiger partial charge in [0.05, 0.1) is 16.7 Å². The number of benzene rings is 1. The van der Waals surface area contributed by atoms with E-state index in [9.17, 15) is 9.59 Å². The molecule has 16 heavy (non-hydrogen) atoms. The summed E-state index contributed by atoms with van der Waals surface area (Å²) in [5.41, 5.74) is 0. The minimum Gasteiger partial charge on any atom is -0.460 e. The number of carbonyl (C=O) groups excluding carboxylic acids is 2. The minimum atomic E-state index is -0.862. The molecule has 0 heterocycles. The van der Waals surface area contributed by atoms with Crippen molar-refractivity contribution in [3.63, 3.8) is 0 Å². The van der Waals surface area contributed by atoms with E-state index in [1.807, 2.05) is 0 Å². The van der Waals surface area contributed by atoms with Crippen molar-refractivity contribution in [2.75, 3.05) is 6.61 Å². The highest BCUT2D eigenvalue weighted by Gasteiger charge is 2.16. The van der Waals surface area contributed by atoms with Crippen LogP contribution in [0, 0.1) is 0 Å². The first kappa shape index (κ1) is 13.4. The van der Waals surface area contributed by atoms with Crippen LogP contribution in [-0.2, 0) is 14.3 Å². The Morgan fingerprint density at radius 2 is 2.00 bits per heavy atom. The molecule has 1 rings (SSSR count). The molecule has 6 heteroatoms. The number of hydrogen-bond donors (Lipinski definition) is 0. The second-order valence-electron chi connectivity index (χ2n) is 2.69. The SMILES string of the molecule is CCOC(=O)C(=O)Sc1ccc(Cl)c(Cl)c1. The topological polar surface area (TPSA) is 43.4 Å². The molecule has 0 aromatic heterocycles. The van der Waals surface area contributed by atoms with E-state index in [1.165, 1.54) is 6.07 Å². The van der Waals surface area contributed by atoms with Gasteiger partial charge in [-0.25, -0.2) is 4.79 Å². The first-order valence-corrected chi connectivity index (χ1v) is 5.95. The van der Waals surface area contributed by atoms with Gasteiger partial charge in [0.15, 0.2) is 0 Å². The highest BCUT2D eigenvalue weighted by molar-refractivity contribution is 8.15. The number of carbonyl (C=O) groups is 2. The average molecular weight is 279 g/mol. The molecule has 0 N–H and O–H groups in total. The van der Waals surface area contributed by atoms with Gasteiger partial charge in [-0.05, 0) is 36.9 Å². The molecular weight excluding hydrogens is 271 g/mol. The van der Waals surface area contributed by atoms with Gasteiger partial charge in [-0.15, -0.1) is 0 Å². The van der Waals surface area contributed by atoms with Crippen LogP contribution in [0.15, 0.2) is 23.1 Å². The van der Waals surface area contributed by atoms with Crippen LogP contribution in [0.3, 0.4) is 0 Å². The number of hydrogen-bond acceptors (Lipinski definition) is 4. The van der Waals surface area contributed by atoms with Crippen molar-refractivity contribution in [2.24, 2.45) is 0 Å². The summed E-state index contributed by atoms with van der Waals surface area (Å²) in [5, 5.41) is 0.0539. The maximum Gasteiger partial charge on any atom is 0.386 e. The molecule has 0 saturated heterocycles. The Hall–Kier alpha value is -0.710. The van der Waals surface area contributed by atoms with Crippen LogP contribution in [-0.4, -0.2) is 17.7 Å². The van der Waals surface area contributed by atoms with E-state index >= 15 is 0 Å². The van der Waals surface area contributed by atoms with E-state index in [4.69, 9.17) is 23.2 Å². The van der Waals surface area contributed by atoms with E-state index in [-0.39, 0.29) is 6.61 Å². The first-order valence-electron chi connectivity index (χ1n) is 4.38. The van der Waals surface area contributed by atoms with E-state index in [2.05, 4.69) is 4.74 Å².